The Kier molecular flexibility index (Phi) is 3.85. The van der Waals surface area contributed by atoms with E-state index in [0.29, 0.717) is 0 Å². The summed E-state index contributed by atoms with van der Waals surface area (Å²) >= 11 is 0. The van der Waals surface area contributed by atoms with Gasteiger partial charge in [-0.05, 0) is 41.8 Å². The number of benzene rings is 2. The van der Waals surface area contributed by atoms with Gasteiger partial charge >= 0.3 is 0 Å². The van der Waals surface area contributed by atoms with Crippen LogP contribution in [0, 0.1) is 6.92 Å². The first-order chi connectivity index (χ1) is 8.69. The van der Waals surface area contributed by atoms with E-state index < -0.39 is 0 Å². The highest BCUT2D eigenvalue weighted by atomic mass is 16.3. The number of aryl methyl sites for hydroxylation is 1. The number of nitrogen functional groups attached to an aromatic ring is 1. The van der Waals surface area contributed by atoms with Crippen molar-refractivity contribution in [1.82, 2.24) is 0 Å². The lowest BCUT2D eigenvalue weighted by Gasteiger charge is -2.10. The van der Waals surface area contributed by atoms with Crippen LogP contribution in [0.4, 0.5) is 11.4 Å². The van der Waals surface area contributed by atoms with Gasteiger partial charge in [0, 0.05) is 17.9 Å². The van der Waals surface area contributed by atoms with Crippen LogP contribution in [0.2, 0.25) is 0 Å². The van der Waals surface area contributed by atoms with E-state index in [1.165, 1.54) is 5.56 Å². The van der Waals surface area contributed by atoms with Crippen LogP contribution in [-0.4, -0.2) is 5.11 Å². The predicted octanol–water partition coefficient (Wildman–Crippen LogP) is 2.68. The highest BCUT2D eigenvalue weighted by Crippen LogP contribution is 2.18. The van der Waals surface area contributed by atoms with E-state index in [1.807, 2.05) is 49.4 Å². The van der Waals surface area contributed by atoms with Crippen molar-refractivity contribution in [3.8, 4) is 0 Å². The van der Waals surface area contributed by atoms with Crippen LogP contribution in [0.15, 0.2) is 42.5 Å². The quantitative estimate of drug-likeness (QED) is 0.722. The Morgan fingerprint density at radius 1 is 1.06 bits per heavy atom. The van der Waals surface area contributed by atoms with E-state index in [4.69, 9.17) is 10.8 Å². The lowest BCUT2D eigenvalue weighted by Crippen LogP contribution is -2.01. The van der Waals surface area contributed by atoms with Crippen molar-refractivity contribution in [1.29, 1.82) is 0 Å². The van der Waals surface area contributed by atoms with E-state index in [0.717, 1.165) is 29.0 Å². The number of rotatable bonds is 4. The molecule has 0 saturated carbocycles. The van der Waals surface area contributed by atoms with E-state index >= 15 is 0 Å². The number of aliphatic hydroxyl groups is 1. The minimum Gasteiger partial charge on any atom is -0.399 e. The Morgan fingerprint density at radius 3 is 2.33 bits per heavy atom. The maximum atomic E-state index is 8.97. The fourth-order valence-electron chi connectivity index (χ4n) is 1.85. The molecule has 2 aromatic carbocycles. The average molecular weight is 242 g/mol. The van der Waals surface area contributed by atoms with Crippen molar-refractivity contribution < 1.29 is 5.11 Å². The first kappa shape index (κ1) is 12.5. The molecule has 0 aliphatic carbocycles. The molecule has 2 aromatic rings. The van der Waals surface area contributed by atoms with E-state index in [-0.39, 0.29) is 6.61 Å². The second kappa shape index (κ2) is 5.56. The zero-order valence-corrected chi connectivity index (χ0v) is 10.5. The first-order valence-corrected chi connectivity index (χ1v) is 5.97. The van der Waals surface area contributed by atoms with Crippen LogP contribution >= 0.6 is 0 Å². The monoisotopic (exact) mass is 242 g/mol. The van der Waals surface area contributed by atoms with Crippen LogP contribution in [0.25, 0.3) is 0 Å². The standard InChI is InChI=1S/C15H18N2O/c1-11-8-14(16)6-7-15(11)17-9-12-2-4-13(10-18)5-3-12/h2-8,17-18H,9-10,16H2,1H3. The smallest absolute Gasteiger partial charge is 0.0681 e. The van der Waals surface area contributed by atoms with Crippen LogP contribution in [-0.2, 0) is 13.2 Å². The summed E-state index contributed by atoms with van der Waals surface area (Å²) in [6, 6.07) is 13.8. The minimum absolute atomic E-state index is 0.0881. The highest BCUT2D eigenvalue weighted by Gasteiger charge is 1.99. The van der Waals surface area contributed by atoms with Gasteiger partial charge in [-0.15, -0.1) is 0 Å². The molecule has 0 atom stereocenters. The second-order valence-corrected chi connectivity index (χ2v) is 4.40. The molecule has 0 heterocycles. The third-order valence-corrected chi connectivity index (χ3v) is 2.94. The van der Waals surface area contributed by atoms with E-state index in [9.17, 15) is 0 Å². The van der Waals surface area contributed by atoms with Crippen molar-refractivity contribution in [3.63, 3.8) is 0 Å². The van der Waals surface area contributed by atoms with Gasteiger partial charge in [-0.25, -0.2) is 0 Å². The topological polar surface area (TPSA) is 58.3 Å². The second-order valence-electron chi connectivity index (χ2n) is 4.40. The van der Waals surface area contributed by atoms with Gasteiger partial charge in [-0.1, -0.05) is 24.3 Å². The Morgan fingerprint density at radius 2 is 1.72 bits per heavy atom. The molecule has 0 unspecified atom stereocenters. The SMILES string of the molecule is Cc1cc(N)ccc1NCc1ccc(CO)cc1. The molecule has 0 spiro atoms. The summed E-state index contributed by atoms with van der Waals surface area (Å²) in [6.45, 7) is 2.88. The molecule has 3 heteroatoms. The zero-order chi connectivity index (χ0) is 13.0. The van der Waals surface area contributed by atoms with Gasteiger partial charge in [0.15, 0.2) is 0 Å². The van der Waals surface area contributed by atoms with Gasteiger partial charge in [0.25, 0.3) is 0 Å². The Labute approximate surface area is 107 Å². The number of anilines is 2. The molecule has 2 rings (SSSR count). The van der Waals surface area contributed by atoms with Crippen molar-refractivity contribution >= 4 is 11.4 Å². The number of nitrogens with one attached hydrogen (secondary N) is 1. The number of hydrogen-bond acceptors (Lipinski definition) is 3. The maximum absolute atomic E-state index is 8.97. The van der Waals surface area contributed by atoms with Gasteiger partial charge < -0.3 is 16.2 Å². The molecule has 0 aromatic heterocycles. The summed E-state index contributed by atoms with van der Waals surface area (Å²) < 4.78 is 0. The highest BCUT2D eigenvalue weighted by molar-refractivity contribution is 5.57. The molecule has 0 amide bonds. The van der Waals surface area contributed by atoms with Crippen LogP contribution in [0.5, 0.6) is 0 Å². The average Bonchev–Trinajstić information content (AvgIpc) is 2.38. The summed E-state index contributed by atoms with van der Waals surface area (Å²) in [5.74, 6) is 0. The molecule has 0 bridgehead atoms. The van der Waals surface area contributed by atoms with Crippen molar-refractivity contribution in [2.75, 3.05) is 11.1 Å². The summed E-state index contributed by atoms with van der Waals surface area (Å²) in [5.41, 5.74) is 10.8. The number of nitrogens with two attached hydrogens (primary N) is 1. The molecule has 3 nitrogen and oxygen atoms in total. The zero-order valence-electron chi connectivity index (χ0n) is 10.5. The summed E-state index contributed by atoms with van der Waals surface area (Å²) in [5, 5.41) is 12.3. The molecular weight excluding hydrogens is 224 g/mol. The lowest BCUT2D eigenvalue weighted by molar-refractivity contribution is 0.282. The van der Waals surface area contributed by atoms with Gasteiger partial charge in [0.05, 0.1) is 6.61 Å². The molecule has 18 heavy (non-hydrogen) atoms. The third kappa shape index (κ3) is 3.02. The lowest BCUT2D eigenvalue weighted by atomic mass is 10.1. The van der Waals surface area contributed by atoms with Gasteiger partial charge in [0.2, 0.25) is 0 Å². The fraction of sp³-hybridized carbons (Fsp3) is 0.200. The molecule has 0 fully saturated rings. The minimum atomic E-state index is 0.0881. The van der Waals surface area contributed by atoms with Crippen molar-refractivity contribution in [2.24, 2.45) is 0 Å². The molecule has 94 valence electrons. The fourth-order valence-corrected chi connectivity index (χ4v) is 1.85. The molecule has 4 N–H and O–H groups in total. The molecule has 0 aliphatic heterocycles. The first-order valence-electron chi connectivity index (χ1n) is 5.97. The molecule has 0 radical (unpaired) electrons. The largest absolute Gasteiger partial charge is 0.399 e. The van der Waals surface area contributed by atoms with Crippen LogP contribution in [0.1, 0.15) is 16.7 Å². The normalized spacial score (nSPS) is 10.3. The van der Waals surface area contributed by atoms with Crippen LogP contribution in [0.3, 0.4) is 0 Å². The van der Waals surface area contributed by atoms with Gasteiger partial charge in [0.1, 0.15) is 0 Å². The van der Waals surface area contributed by atoms with Gasteiger partial charge in [-0.3, -0.25) is 0 Å². The summed E-state index contributed by atoms with van der Waals surface area (Å²) in [6.07, 6.45) is 0. The Hall–Kier alpha value is -2.00. The number of aliphatic hydroxyl groups excluding tert-OH is 1. The van der Waals surface area contributed by atoms with Crippen molar-refractivity contribution in [3.05, 3.63) is 59.2 Å². The molecular formula is C15H18N2O. The predicted molar refractivity (Wildman–Crippen MR) is 75.3 cm³/mol. The number of hydrogen-bond donors (Lipinski definition) is 3. The molecule has 0 aliphatic rings. The van der Waals surface area contributed by atoms with E-state index in [2.05, 4.69) is 5.32 Å². The van der Waals surface area contributed by atoms with Gasteiger partial charge in [-0.2, -0.15) is 0 Å². The summed E-state index contributed by atoms with van der Waals surface area (Å²) in [4.78, 5) is 0. The Bertz CT molecular complexity index is 521. The molecule has 0 saturated heterocycles. The van der Waals surface area contributed by atoms with E-state index in [1.54, 1.807) is 0 Å². The Balaban J connectivity index is 2.02. The van der Waals surface area contributed by atoms with Crippen molar-refractivity contribution in [2.45, 2.75) is 20.1 Å². The van der Waals surface area contributed by atoms with Crippen LogP contribution < -0.4 is 11.1 Å². The third-order valence-electron chi connectivity index (χ3n) is 2.94. The maximum Gasteiger partial charge on any atom is 0.0681 e. The summed E-state index contributed by atoms with van der Waals surface area (Å²) in [7, 11) is 0.